The molecule has 1 saturated heterocycles. The van der Waals surface area contributed by atoms with E-state index in [0.29, 0.717) is 6.07 Å². The fourth-order valence-corrected chi connectivity index (χ4v) is 2.87. The van der Waals surface area contributed by atoms with Crippen molar-refractivity contribution in [1.82, 2.24) is 14.9 Å². The fourth-order valence-electron chi connectivity index (χ4n) is 2.87. The summed E-state index contributed by atoms with van der Waals surface area (Å²) in [6.07, 6.45) is -3.70. The van der Waals surface area contributed by atoms with Crippen molar-refractivity contribution in [3.63, 3.8) is 0 Å². The summed E-state index contributed by atoms with van der Waals surface area (Å²) in [4.78, 5) is 20.7. The van der Waals surface area contributed by atoms with Gasteiger partial charge in [0, 0.05) is 37.4 Å². The first-order valence-corrected chi connectivity index (χ1v) is 9.03. The van der Waals surface area contributed by atoms with E-state index in [1.54, 1.807) is 0 Å². The fraction of sp³-hybridized carbons (Fsp3) is 0.348. The van der Waals surface area contributed by atoms with Crippen LogP contribution in [0.3, 0.4) is 0 Å². The summed E-state index contributed by atoms with van der Waals surface area (Å²) in [6.45, 7) is -19.6. The van der Waals surface area contributed by atoms with Crippen molar-refractivity contribution in [1.29, 1.82) is 0 Å². The molecule has 2 aromatic carbocycles. The maximum atomic E-state index is 14.0. The highest BCUT2D eigenvalue weighted by atomic mass is 16.6. The highest BCUT2D eigenvalue weighted by Gasteiger charge is 2.33. The van der Waals surface area contributed by atoms with Gasteiger partial charge in [-0.25, -0.2) is 4.98 Å². The van der Waals surface area contributed by atoms with Crippen LogP contribution in [0.5, 0.6) is 23.0 Å². The van der Waals surface area contributed by atoms with Gasteiger partial charge >= 0.3 is 0 Å². The molecule has 33 heavy (non-hydrogen) atoms. The Balaban J connectivity index is 1.71. The number of amides is 1. The van der Waals surface area contributed by atoms with E-state index in [2.05, 4.69) is 9.97 Å². The normalized spacial score (nSPS) is 36.7. The quantitative estimate of drug-likeness (QED) is 0.595. The summed E-state index contributed by atoms with van der Waals surface area (Å²) in [5.74, 6) is -6.72. The van der Waals surface area contributed by atoms with Crippen molar-refractivity contribution < 1.29 is 49.9 Å². The van der Waals surface area contributed by atoms with E-state index in [4.69, 9.17) is 45.1 Å². The van der Waals surface area contributed by atoms with E-state index in [0.717, 1.165) is 12.1 Å². The number of anilines is 2. The average Bonchev–Trinajstić information content (AvgIpc) is 2.94. The first-order valence-electron chi connectivity index (χ1n) is 18.4. The van der Waals surface area contributed by atoms with Crippen LogP contribution in [0.25, 0.3) is 10.9 Å². The lowest BCUT2D eigenvalue weighted by atomic mass is 10.2. The molecule has 1 atom stereocenters. The lowest BCUT2D eigenvalue weighted by molar-refractivity contribution is -0.141. The predicted octanol–water partition coefficient (Wildman–Crippen LogP) is 1.72. The first-order chi connectivity index (χ1) is 23.4. The SMILES string of the molecule is [2H]N([2H])c1nc(N2C([2H])([2H])C([2H])([2H])N(C(=O)C3([2H])Oc4ccccc4OC3([2H])[2H])C([2H])([2H])C2([2H])[2H])nc2cc(OC([2H])([2H])[2H])c(OC([2H])([2H])[2H])cc12. The Kier molecular flexibility index (Phi) is 2.18. The molecule has 0 radical (unpaired) electrons. The Morgan fingerprint density at radius 2 is 1.94 bits per heavy atom. The molecule has 0 bridgehead atoms. The van der Waals surface area contributed by atoms with Gasteiger partial charge in [0.2, 0.25) is 12.0 Å². The number of hydrogen-bond acceptors (Lipinski definition) is 9. The zero-order valence-corrected chi connectivity index (χ0v) is 16.2. The van der Waals surface area contributed by atoms with Gasteiger partial charge in [-0.15, -0.1) is 0 Å². The minimum atomic E-state index is -4.07. The molecule has 1 amide bonds. The third-order valence-electron chi connectivity index (χ3n) is 4.41. The number of para-hydroxylation sites is 2. The number of nitrogens with two attached hydrogens (primary N) is 1. The summed E-state index contributed by atoms with van der Waals surface area (Å²) in [5, 5.41) is -0.458. The third-order valence-corrected chi connectivity index (χ3v) is 4.41. The lowest BCUT2D eigenvalue weighted by Gasteiger charge is -2.37. The summed E-state index contributed by atoms with van der Waals surface area (Å²) in [6, 6.07) is 6.53. The van der Waals surface area contributed by atoms with Crippen molar-refractivity contribution >= 4 is 28.6 Å². The van der Waals surface area contributed by atoms with E-state index < -0.39 is 103 Å². The zero-order chi connectivity index (χ0) is 39.4. The Morgan fingerprint density at radius 3 is 2.70 bits per heavy atom. The summed E-state index contributed by atoms with van der Waals surface area (Å²) in [7, 11) is -6.43. The van der Waals surface area contributed by atoms with Crippen molar-refractivity contribution in [3.8, 4) is 23.0 Å². The molecule has 0 aliphatic carbocycles. The van der Waals surface area contributed by atoms with E-state index in [9.17, 15) is 4.79 Å². The minimum absolute atomic E-state index is 0.241. The molecule has 3 heterocycles. The smallest absolute Gasteiger partial charge is 0.267 e. The summed E-state index contributed by atoms with van der Waals surface area (Å²) >= 11 is 0. The molecule has 3 aromatic rings. The topological polar surface area (TPSA) is 112 Å². The Labute approximate surface area is 217 Å². The number of nitrogen functional groups attached to an aromatic ring is 1. The molecular formula is C23H25N5O5. The standard InChI is InChI=1S/C23H25N5O5/c1-30-18-11-14-15(12-19(18)31-2)25-23(26-21(14)24)28-9-7-27(8-10-28)22(29)20-13-32-16-5-3-4-6-17(16)33-20/h3-6,11-12,20H,7-10,13H2,1-2H3,(H2,24,25,26)/i1D3,2D3,7D2,8D2,9D2,10D2,13D2,20D/hD2. The molecule has 2 aliphatic rings. The number of benzene rings is 2. The molecular weight excluding hydrogens is 426 g/mol. The largest absolute Gasteiger partial charge is 0.493 e. The van der Waals surface area contributed by atoms with Crippen molar-refractivity contribution in [3.05, 3.63) is 36.4 Å². The number of ether oxygens (including phenoxy) is 4. The van der Waals surface area contributed by atoms with Gasteiger partial charge in [0.15, 0.2) is 25.8 Å². The highest BCUT2D eigenvalue weighted by Crippen LogP contribution is 2.34. The molecule has 1 unspecified atom stereocenters. The molecule has 5 rings (SSSR count). The molecule has 2 aliphatic heterocycles. The van der Waals surface area contributed by atoms with Crippen LogP contribution < -0.4 is 29.6 Å². The number of rotatable bonds is 5. The van der Waals surface area contributed by atoms with Crippen LogP contribution >= 0.6 is 0 Å². The van der Waals surface area contributed by atoms with E-state index >= 15 is 0 Å². The van der Waals surface area contributed by atoms with Gasteiger partial charge in [-0.1, -0.05) is 12.1 Å². The van der Waals surface area contributed by atoms with Gasteiger partial charge in [-0.3, -0.25) is 4.79 Å². The number of carbonyl (C=O) groups excluding carboxylic acids is 1. The number of aromatic nitrogens is 2. The highest BCUT2D eigenvalue weighted by molar-refractivity contribution is 5.91. The molecule has 172 valence electrons. The van der Waals surface area contributed by atoms with Gasteiger partial charge < -0.3 is 34.5 Å². The monoisotopic (exact) mass is 470 g/mol. The maximum Gasteiger partial charge on any atom is 0.267 e. The number of nitrogens with zero attached hydrogens (tertiary/aromatic N) is 4. The second-order valence-corrected chi connectivity index (χ2v) is 6.37. The molecule has 0 saturated carbocycles. The van der Waals surface area contributed by atoms with Crippen LogP contribution in [0.4, 0.5) is 11.8 Å². The first kappa shape index (κ1) is 8.44. The Morgan fingerprint density at radius 1 is 1.18 bits per heavy atom. The van der Waals surface area contributed by atoms with Gasteiger partial charge in [0.1, 0.15) is 12.4 Å². The van der Waals surface area contributed by atoms with E-state index in [-0.39, 0.29) is 16.4 Å². The number of piperazine rings is 1. The van der Waals surface area contributed by atoms with Gasteiger partial charge in [-0.05, 0) is 18.2 Å². The molecule has 2 N–H and O–H groups in total. The van der Waals surface area contributed by atoms with Crippen molar-refractivity contribution in [2.75, 3.05) is 57.2 Å². The Hall–Kier alpha value is -3.95. The van der Waals surface area contributed by atoms with Crippen LogP contribution in [0.1, 0.15) is 23.3 Å². The predicted molar refractivity (Wildman–Crippen MR) is 122 cm³/mol. The Bertz CT molecular complexity index is 1900. The second kappa shape index (κ2) is 8.53. The van der Waals surface area contributed by atoms with Crippen LogP contribution in [0, 0.1) is 0 Å². The lowest BCUT2D eigenvalue weighted by Crippen LogP contribution is -2.54. The van der Waals surface area contributed by atoms with Gasteiger partial charge in [-0.2, -0.15) is 4.98 Å². The number of carbonyl (C=O) groups is 1. The summed E-state index contributed by atoms with van der Waals surface area (Å²) in [5.41, 5.74) is -0.840. The van der Waals surface area contributed by atoms with E-state index in [1.807, 2.05) is 0 Å². The molecule has 10 heteroatoms. The number of hydrogen-bond donors (Lipinski definition) is 1. The van der Waals surface area contributed by atoms with Crippen LogP contribution in [0.2, 0.25) is 2.82 Å². The number of fused-ring (bicyclic) bond motifs is 2. The van der Waals surface area contributed by atoms with Gasteiger partial charge in [0.05, 0.1) is 42.9 Å². The minimum Gasteiger partial charge on any atom is -0.493 e. The van der Waals surface area contributed by atoms with Gasteiger partial charge in [0.25, 0.3) is 5.91 Å². The zero-order valence-electron chi connectivity index (χ0n) is 35.2. The average molecular weight is 471 g/mol. The van der Waals surface area contributed by atoms with E-state index in [1.165, 1.54) is 18.2 Å². The van der Waals surface area contributed by atoms with Crippen molar-refractivity contribution in [2.24, 2.45) is 0 Å². The molecule has 0 spiro atoms. The maximum absolute atomic E-state index is 14.0. The van der Waals surface area contributed by atoms with Crippen LogP contribution in [-0.4, -0.2) is 73.5 Å². The molecule has 1 fully saturated rings. The number of methoxy groups -OCH3 is 2. The molecule has 1 aromatic heterocycles. The van der Waals surface area contributed by atoms with Crippen LogP contribution in [0.15, 0.2) is 36.4 Å². The van der Waals surface area contributed by atoms with Crippen molar-refractivity contribution in [2.45, 2.75) is 6.08 Å². The second-order valence-electron chi connectivity index (χ2n) is 6.37. The summed E-state index contributed by atoms with van der Waals surface area (Å²) < 4.78 is 175. The van der Waals surface area contributed by atoms with Crippen LogP contribution in [-0.2, 0) is 4.79 Å². The molecule has 10 nitrogen and oxygen atoms in total. The third kappa shape index (κ3) is 3.88.